The Balaban J connectivity index is 1.82. The first-order valence-electron chi connectivity index (χ1n) is 9.42. The normalized spacial score (nSPS) is 11.2. The Kier molecular flexibility index (Phi) is 6.57. The molecule has 0 saturated heterocycles. The standard InChI is InChI=1S/C22H22N2O6S/c1-3-24(19-10-6-8-15-7-4-5-9-17(15)19)21(25)14-30-22(26)18-13-16(31(23,27)28)11-12-20(18)29-2/h4-13H,3,14H2,1-2H3,(H2,23,27,28). The van der Waals surface area contributed by atoms with Gasteiger partial charge in [-0.25, -0.2) is 18.4 Å². The molecule has 9 heteroatoms. The monoisotopic (exact) mass is 442 g/mol. The van der Waals surface area contributed by atoms with Crippen LogP contribution in [0.25, 0.3) is 10.8 Å². The molecular formula is C22H22N2O6S. The number of fused-ring (bicyclic) bond motifs is 1. The predicted octanol–water partition coefficient (Wildman–Crippen LogP) is 2.71. The number of primary sulfonamides is 1. The molecule has 0 spiro atoms. The van der Waals surface area contributed by atoms with E-state index < -0.39 is 28.5 Å². The van der Waals surface area contributed by atoms with Crippen molar-refractivity contribution in [3.63, 3.8) is 0 Å². The molecule has 0 atom stereocenters. The number of benzene rings is 3. The number of hydrogen-bond donors (Lipinski definition) is 1. The number of rotatable bonds is 7. The fraction of sp³-hybridized carbons (Fsp3) is 0.182. The van der Waals surface area contributed by atoms with E-state index in [-0.39, 0.29) is 16.2 Å². The van der Waals surface area contributed by atoms with Crippen molar-refractivity contribution in [1.82, 2.24) is 0 Å². The lowest BCUT2D eigenvalue weighted by Crippen LogP contribution is -2.34. The summed E-state index contributed by atoms with van der Waals surface area (Å²) < 4.78 is 33.4. The maximum atomic E-state index is 12.8. The van der Waals surface area contributed by atoms with E-state index in [1.54, 1.807) is 0 Å². The molecule has 3 aromatic rings. The molecule has 0 saturated carbocycles. The lowest BCUT2D eigenvalue weighted by molar-refractivity contribution is -0.121. The summed E-state index contributed by atoms with van der Waals surface area (Å²) in [5.74, 6) is -1.22. The third kappa shape index (κ3) is 4.84. The molecule has 8 nitrogen and oxygen atoms in total. The van der Waals surface area contributed by atoms with E-state index in [1.807, 2.05) is 49.4 Å². The van der Waals surface area contributed by atoms with Crippen LogP contribution in [0.1, 0.15) is 17.3 Å². The van der Waals surface area contributed by atoms with Gasteiger partial charge in [-0.2, -0.15) is 0 Å². The summed E-state index contributed by atoms with van der Waals surface area (Å²) >= 11 is 0. The van der Waals surface area contributed by atoms with Crippen LogP contribution >= 0.6 is 0 Å². The Hall–Kier alpha value is -3.43. The summed E-state index contributed by atoms with van der Waals surface area (Å²) in [5, 5.41) is 7.00. The second-order valence-electron chi connectivity index (χ2n) is 6.62. The summed E-state index contributed by atoms with van der Waals surface area (Å²) in [6, 6.07) is 16.8. The fourth-order valence-electron chi connectivity index (χ4n) is 3.23. The molecule has 31 heavy (non-hydrogen) atoms. The van der Waals surface area contributed by atoms with Gasteiger partial charge in [0.1, 0.15) is 11.3 Å². The van der Waals surface area contributed by atoms with E-state index in [4.69, 9.17) is 14.6 Å². The molecule has 0 heterocycles. The third-order valence-electron chi connectivity index (χ3n) is 4.72. The Morgan fingerprint density at radius 2 is 1.74 bits per heavy atom. The fourth-order valence-corrected chi connectivity index (χ4v) is 3.77. The number of nitrogens with two attached hydrogens (primary N) is 1. The van der Waals surface area contributed by atoms with Crippen LogP contribution in [0.15, 0.2) is 65.6 Å². The molecular weight excluding hydrogens is 420 g/mol. The summed E-state index contributed by atoms with van der Waals surface area (Å²) in [4.78, 5) is 26.7. The number of anilines is 1. The Morgan fingerprint density at radius 1 is 1.03 bits per heavy atom. The topological polar surface area (TPSA) is 116 Å². The Labute approximate surface area is 180 Å². The van der Waals surface area contributed by atoms with Crippen molar-refractivity contribution in [2.75, 3.05) is 25.2 Å². The van der Waals surface area contributed by atoms with Gasteiger partial charge in [0.15, 0.2) is 6.61 Å². The minimum atomic E-state index is -4.03. The van der Waals surface area contributed by atoms with E-state index in [2.05, 4.69) is 0 Å². The van der Waals surface area contributed by atoms with Gasteiger partial charge in [-0.05, 0) is 36.6 Å². The second-order valence-corrected chi connectivity index (χ2v) is 8.18. The smallest absolute Gasteiger partial charge is 0.342 e. The number of ether oxygens (including phenoxy) is 2. The zero-order chi connectivity index (χ0) is 22.6. The molecule has 3 rings (SSSR count). The number of nitrogens with zero attached hydrogens (tertiary/aromatic N) is 1. The van der Waals surface area contributed by atoms with Crippen molar-refractivity contribution in [3.8, 4) is 5.75 Å². The van der Waals surface area contributed by atoms with Crippen molar-refractivity contribution in [3.05, 3.63) is 66.2 Å². The predicted molar refractivity (Wildman–Crippen MR) is 117 cm³/mol. The van der Waals surface area contributed by atoms with Crippen molar-refractivity contribution >= 4 is 38.4 Å². The van der Waals surface area contributed by atoms with Crippen LogP contribution in [0.3, 0.4) is 0 Å². The summed E-state index contributed by atoms with van der Waals surface area (Å²) in [6.07, 6.45) is 0. The molecule has 0 radical (unpaired) electrons. The number of hydrogen-bond acceptors (Lipinski definition) is 6. The van der Waals surface area contributed by atoms with Crippen LogP contribution in [0.2, 0.25) is 0 Å². The number of carbonyl (C=O) groups excluding carboxylic acids is 2. The van der Waals surface area contributed by atoms with Crippen molar-refractivity contribution in [2.45, 2.75) is 11.8 Å². The third-order valence-corrected chi connectivity index (χ3v) is 5.63. The minimum Gasteiger partial charge on any atom is -0.496 e. The van der Waals surface area contributed by atoms with Gasteiger partial charge < -0.3 is 14.4 Å². The summed E-state index contributed by atoms with van der Waals surface area (Å²) in [5.41, 5.74) is 0.561. The molecule has 162 valence electrons. The molecule has 3 aromatic carbocycles. The van der Waals surface area contributed by atoms with Gasteiger partial charge in [-0.1, -0.05) is 36.4 Å². The van der Waals surface area contributed by atoms with Gasteiger partial charge in [0, 0.05) is 11.9 Å². The van der Waals surface area contributed by atoms with Crippen LogP contribution < -0.4 is 14.8 Å². The quantitative estimate of drug-likeness (QED) is 0.563. The summed E-state index contributed by atoms with van der Waals surface area (Å²) in [6.45, 7) is 1.66. The zero-order valence-electron chi connectivity index (χ0n) is 17.1. The maximum absolute atomic E-state index is 12.8. The highest BCUT2D eigenvalue weighted by Crippen LogP contribution is 2.27. The number of sulfonamides is 1. The van der Waals surface area contributed by atoms with E-state index in [1.165, 1.54) is 24.1 Å². The maximum Gasteiger partial charge on any atom is 0.342 e. The van der Waals surface area contributed by atoms with Gasteiger partial charge >= 0.3 is 5.97 Å². The molecule has 0 aliphatic heterocycles. The number of carbonyl (C=O) groups is 2. The van der Waals surface area contributed by atoms with Crippen molar-refractivity contribution in [1.29, 1.82) is 0 Å². The van der Waals surface area contributed by atoms with Gasteiger partial charge in [-0.3, -0.25) is 4.79 Å². The highest BCUT2D eigenvalue weighted by atomic mass is 32.2. The van der Waals surface area contributed by atoms with Crippen LogP contribution in [0.5, 0.6) is 5.75 Å². The number of amides is 1. The van der Waals surface area contributed by atoms with Crippen LogP contribution in [-0.4, -0.2) is 40.6 Å². The van der Waals surface area contributed by atoms with Crippen LogP contribution in [0.4, 0.5) is 5.69 Å². The van der Waals surface area contributed by atoms with Gasteiger partial charge in [0.2, 0.25) is 10.0 Å². The first-order valence-corrected chi connectivity index (χ1v) is 11.0. The van der Waals surface area contributed by atoms with Crippen LogP contribution in [0, 0.1) is 0 Å². The summed E-state index contributed by atoms with van der Waals surface area (Å²) in [7, 11) is -2.70. The van der Waals surface area contributed by atoms with E-state index >= 15 is 0 Å². The van der Waals surface area contributed by atoms with Gasteiger partial charge in [0.05, 0.1) is 17.7 Å². The first kappa shape index (κ1) is 22.3. The molecule has 2 N–H and O–H groups in total. The average Bonchev–Trinajstić information content (AvgIpc) is 2.77. The minimum absolute atomic E-state index is 0.103. The second kappa shape index (κ2) is 9.15. The Morgan fingerprint density at radius 3 is 2.42 bits per heavy atom. The lowest BCUT2D eigenvalue weighted by Gasteiger charge is -2.22. The van der Waals surface area contributed by atoms with Crippen LogP contribution in [-0.2, 0) is 19.6 Å². The number of likely N-dealkylation sites (N-methyl/N-ethyl adjacent to an activating group) is 1. The Bertz CT molecular complexity index is 1230. The van der Waals surface area contributed by atoms with E-state index in [0.717, 1.165) is 16.8 Å². The molecule has 0 aromatic heterocycles. The van der Waals surface area contributed by atoms with Gasteiger partial charge in [-0.15, -0.1) is 0 Å². The van der Waals surface area contributed by atoms with Crippen molar-refractivity contribution in [2.24, 2.45) is 5.14 Å². The van der Waals surface area contributed by atoms with Crippen molar-refractivity contribution < 1.29 is 27.5 Å². The molecule has 0 unspecified atom stereocenters. The van der Waals surface area contributed by atoms with E-state index in [9.17, 15) is 18.0 Å². The molecule has 0 fully saturated rings. The van der Waals surface area contributed by atoms with E-state index in [0.29, 0.717) is 12.2 Å². The van der Waals surface area contributed by atoms with Gasteiger partial charge in [0.25, 0.3) is 5.91 Å². The molecule has 0 aliphatic carbocycles. The lowest BCUT2D eigenvalue weighted by atomic mass is 10.1. The molecule has 1 amide bonds. The molecule has 0 aliphatic rings. The zero-order valence-corrected chi connectivity index (χ0v) is 17.9. The molecule has 0 bridgehead atoms. The highest BCUT2D eigenvalue weighted by Gasteiger charge is 2.22. The SMILES string of the molecule is CCN(C(=O)COC(=O)c1cc(S(N)(=O)=O)ccc1OC)c1cccc2ccccc12. The number of esters is 1. The highest BCUT2D eigenvalue weighted by molar-refractivity contribution is 7.89. The largest absolute Gasteiger partial charge is 0.496 e. The first-order chi connectivity index (χ1) is 14.8. The average molecular weight is 442 g/mol. The number of methoxy groups -OCH3 is 1.